The number of rotatable bonds is 7. The van der Waals surface area contributed by atoms with Gasteiger partial charge >= 0.3 is 0 Å². The molecular formula is C14H23ClN2O2S. The molecule has 0 radical (unpaired) electrons. The van der Waals surface area contributed by atoms with Crippen molar-refractivity contribution >= 4 is 27.1 Å². The summed E-state index contributed by atoms with van der Waals surface area (Å²) in [4.78, 5) is 1.90. The third-order valence-corrected chi connectivity index (χ3v) is 4.45. The van der Waals surface area contributed by atoms with Crippen LogP contribution in [0.2, 0.25) is 5.02 Å². The van der Waals surface area contributed by atoms with Crippen molar-refractivity contribution in [3.63, 3.8) is 0 Å². The van der Waals surface area contributed by atoms with E-state index in [0.29, 0.717) is 11.6 Å². The number of halogens is 1. The minimum Gasteiger partial charge on any atom is -0.374 e. The molecule has 1 unspecified atom stereocenters. The lowest BCUT2D eigenvalue weighted by Gasteiger charge is -2.21. The molecule has 1 N–H and O–H groups in total. The van der Waals surface area contributed by atoms with Crippen LogP contribution in [0.3, 0.4) is 0 Å². The van der Waals surface area contributed by atoms with Crippen molar-refractivity contribution in [1.29, 1.82) is 0 Å². The zero-order chi connectivity index (χ0) is 15.3. The molecule has 0 bridgehead atoms. The summed E-state index contributed by atoms with van der Waals surface area (Å²) < 4.78 is 22.4. The first-order chi connectivity index (χ1) is 9.24. The summed E-state index contributed by atoms with van der Waals surface area (Å²) in [5.74, 6) is 0.136. The van der Waals surface area contributed by atoms with E-state index in [9.17, 15) is 8.42 Å². The summed E-state index contributed by atoms with van der Waals surface area (Å²) in [6, 6.07) is 6.04. The molecule has 0 fully saturated rings. The fraction of sp³-hybridized carbons (Fsp3) is 0.571. The van der Waals surface area contributed by atoms with E-state index in [2.05, 4.69) is 19.2 Å². The lowest BCUT2D eigenvalue weighted by Crippen LogP contribution is -2.25. The number of nitrogens with zero attached hydrogens (tertiary/aromatic N) is 1. The molecule has 6 heteroatoms. The van der Waals surface area contributed by atoms with E-state index < -0.39 is 9.84 Å². The van der Waals surface area contributed by atoms with Crippen LogP contribution in [0, 0.1) is 0 Å². The fourth-order valence-electron chi connectivity index (χ4n) is 1.95. The quantitative estimate of drug-likeness (QED) is 0.839. The van der Waals surface area contributed by atoms with E-state index in [1.54, 1.807) is 0 Å². The van der Waals surface area contributed by atoms with Crippen molar-refractivity contribution < 1.29 is 8.42 Å². The molecule has 1 aromatic rings. The zero-order valence-corrected chi connectivity index (χ0v) is 14.1. The second-order valence-corrected chi connectivity index (χ2v) is 7.70. The maximum absolute atomic E-state index is 11.2. The molecule has 4 nitrogen and oxygen atoms in total. The summed E-state index contributed by atoms with van der Waals surface area (Å²) in [6.07, 6.45) is 1.25. The van der Waals surface area contributed by atoms with Gasteiger partial charge < -0.3 is 10.2 Å². The monoisotopic (exact) mass is 318 g/mol. The minimum absolute atomic E-state index is 0.136. The lowest BCUT2D eigenvalue weighted by atomic mass is 10.1. The smallest absolute Gasteiger partial charge is 0.149 e. The Labute approximate surface area is 127 Å². The topological polar surface area (TPSA) is 49.4 Å². The molecule has 1 aromatic carbocycles. The van der Waals surface area contributed by atoms with E-state index in [4.69, 9.17) is 11.6 Å². The fourth-order valence-corrected chi connectivity index (χ4v) is 2.90. The van der Waals surface area contributed by atoms with Gasteiger partial charge in [-0.1, -0.05) is 24.6 Å². The molecule has 0 aromatic heterocycles. The van der Waals surface area contributed by atoms with Crippen LogP contribution in [0.5, 0.6) is 0 Å². The molecule has 1 atom stereocenters. The highest BCUT2D eigenvalue weighted by atomic mass is 35.5. The molecule has 0 heterocycles. The van der Waals surface area contributed by atoms with Crippen molar-refractivity contribution in [2.75, 3.05) is 37.0 Å². The van der Waals surface area contributed by atoms with Gasteiger partial charge in [0.2, 0.25) is 0 Å². The van der Waals surface area contributed by atoms with Crippen molar-refractivity contribution in [3.05, 3.63) is 28.8 Å². The van der Waals surface area contributed by atoms with Gasteiger partial charge in [-0.15, -0.1) is 0 Å². The Hall–Kier alpha value is -0.780. The van der Waals surface area contributed by atoms with Crippen molar-refractivity contribution in [2.45, 2.75) is 19.9 Å². The molecule has 0 saturated carbocycles. The molecule has 0 amide bonds. The van der Waals surface area contributed by atoms with Gasteiger partial charge in [-0.3, -0.25) is 0 Å². The molecule has 0 spiro atoms. The van der Waals surface area contributed by atoms with E-state index in [0.717, 1.165) is 17.8 Å². The van der Waals surface area contributed by atoms with Crippen LogP contribution in [0.1, 0.15) is 25.5 Å². The Morgan fingerprint density at radius 2 is 2.05 bits per heavy atom. The van der Waals surface area contributed by atoms with Gasteiger partial charge in [-0.2, -0.15) is 0 Å². The van der Waals surface area contributed by atoms with E-state index >= 15 is 0 Å². The third kappa shape index (κ3) is 5.31. The SMILES string of the molecule is CCNC(C)c1ccc(N(C)CCS(C)(=O)=O)cc1Cl. The Bertz CT molecular complexity index is 546. The largest absolute Gasteiger partial charge is 0.374 e. The second-order valence-electron chi connectivity index (χ2n) is 5.04. The average Bonchev–Trinajstić information content (AvgIpc) is 2.35. The Morgan fingerprint density at radius 3 is 2.55 bits per heavy atom. The summed E-state index contributed by atoms with van der Waals surface area (Å²) in [6.45, 7) is 5.46. The average molecular weight is 319 g/mol. The van der Waals surface area contributed by atoms with Crippen LogP contribution in [0.25, 0.3) is 0 Å². The molecule has 0 aliphatic rings. The van der Waals surface area contributed by atoms with Crippen LogP contribution < -0.4 is 10.2 Å². The Balaban J connectivity index is 2.81. The first kappa shape index (κ1) is 17.3. The maximum Gasteiger partial charge on any atom is 0.149 e. The molecule has 20 heavy (non-hydrogen) atoms. The molecule has 0 aliphatic heterocycles. The predicted molar refractivity (Wildman–Crippen MR) is 86.5 cm³/mol. The van der Waals surface area contributed by atoms with Gasteiger partial charge in [0.05, 0.1) is 5.75 Å². The summed E-state index contributed by atoms with van der Waals surface area (Å²) in [5.41, 5.74) is 1.97. The normalized spacial score (nSPS) is 13.2. The third-order valence-electron chi connectivity index (χ3n) is 3.20. The Morgan fingerprint density at radius 1 is 1.40 bits per heavy atom. The van der Waals surface area contributed by atoms with E-state index in [1.165, 1.54) is 6.26 Å². The van der Waals surface area contributed by atoms with Gasteiger partial charge in [-0.05, 0) is 31.2 Å². The first-order valence-electron chi connectivity index (χ1n) is 6.66. The standard InChI is InChI=1S/C14H23ClN2O2S/c1-5-16-11(2)13-7-6-12(10-14(13)15)17(3)8-9-20(4,18)19/h6-7,10-11,16H,5,8-9H2,1-4H3. The molecular weight excluding hydrogens is 296 g/mol. The van der Waals surface area contributed by atoms with Crippen LogP contribution in [-0.4, -0.2) is 40.6 Å². The number of sulfone groups is 1. The van der Waals surface area contributed by atoms with Gasteiger partial charge in [0.25, 0.3) is 0 Å². The molecule has 114 valence electrons. The number of nitrogens with one attached hydrogen (secondary N) is 1. The highest BCUT2D eigenvalue weighted by Crippen LogP contribution is 2.27. The van der Waals surface area contributed by atoms with Crippen LogP contribution in [0.15, 0.2) is 18.2 Å². The van der Waals surface area contributed by atoms with Crippen molar-refractivity contribution in [1.82, 2.24) is 5.32 Å². The Kier molecular flexibility index (Phi) is 6.30. The van der Waals surface area contributed by atoms with Gasteiger partial charge in [0.1, 0.15) is 9.84 Å². The first-order valence-corrected chi connectivity index (χ1v) is 9.10. The van der Waals surface area contributed by atoms with Gasteiger partial charge in [0, 0.05) is 36.6 Å². The number of hydrogen-bond acceptors (Lipinski definition) is 4. The zero-order valence-electron chi connectivity index (χ0n) is 12.5. The van der Waals surface area contributed by atoms with Gasteiger partial charge in [0.15, 0.2) is 0 Å². The minimum atomic E-state index is -2.95. The van der Waals surface area contributed by atoms with Crippen LogP contribution >= 0.6 is 11.6 Å². The summed E-state index contributed by atoms with van der Waals surface area (Å²) in [7, 11) is -1.09. The van der Waals surface area contributed by atoms with Gasteiger partial charge in [-0.25, -0.2) is 8.42 Å². The van der Waals surface area contributed by atoms with E-state index in [-0.39, 0.29) is 11.8 Å². The van der Waals surface area contributed by atoms with E-state index in [1.807, 2.05) is 30.1 Å². The van der Waals surface area contributed by atoms with Crippen molar-refractivity contribution in [2.24, 2.45) is 0 Å². The number of anilines is 1. The van der Waals surface area contributed by atoms with Crippen LogP contribution in [-0.2, 0) is 9.84 Å². The summed E-state index contributed by atoms with van der Waals surface area (Å²) >= 11 is 6.31. The lowest BCUT2D eigenvalue weighted by molar-refractivity contribution is 0.598. The molecule has 0 aliphatic carbocycles. The number of hydrogen-bond donors (Lipinski definition) is 1. The predicted octanol–water partition coefficient (Wildman–Crippen LogP) is 2.49. The van der Waals surface area contributed by atoms with Crippen molar-refractivity contribution in [3.8, 4) is 0 Å². The second kappa shape index (κ2) is 7.29. The van der Waals surface area contributed by atoms with Crippen LogP contribution in [0.4, 0.5) is 5.69 Å². The number of benzene rings is 1. The maximum atomic E-state index is 11.2. The molecule has 0 saturated heterocycles. The summed E-state index contributed by atoms with van der Waals surface area (Å²) in [5, 5.41) is 4.02. The highest BCUT2D eigenvalue weighted by Gasteiger charge is 2.11. The highest BCUT2D eigenvalue weighted by molar-refractivity contribution is 7.90. The molecule has 1 rings (SSSR count).